The molecule has 2 aromatic heterocycles. The number of hydrogen-bond acceptors (Lipinski definition) is 4. The summed E-state index contributed by atoms with van der Waals surface area (Å²) < 4.78 is 2.01. The van der Waals surface area contributed by atoms with Gasteiger partial charge in [0.05, 0.1) is 12.2 Å². The first-order valence-electron chi connectivity index (χ1n) is 7.97. The molecule has 2 N–H and O–H groups in total. The number of carbonyl (C=O) groups is 1. The molecule has 2 atom stereocenters. The zero-order valence-corrected chi connectivity index (χ0v) is 14.6. The molecule has 0 aromatic carbocycles. The Balaban J connectivity index is 1.85. The van der Waals surface area contributed by atoms with Gasteiger partial charge in [-0.05, 0) is 32.8 Å². The van der Waals surface area contributed by atoms with Crippen LogP contribution in [0.1, 0.15) is 47.9 Å². The van der Waals surface area contributed by atoms with Crippen LogP contribution in [-0.4, -0.2) is 33.2 Å². The third-order valence-corrected chi connectivity index (χ3v) is 5.79. The van der Waals surface area contributed by atoms with E-state index < -0.39 is 0 Å². The lowest BCUT2D eigenvalue weighted by atomic mass is 9.85. The predicted octanol–water partition coefficient (Wildman–Crippen LogP) is 2.83. The summed E-state index contributed by atoms with van der Waals surface area (Å²) in [5.74, 6) is -0.0625. The number of aliphatic hydroxyl groups excluding tert-OH is 1. The minimum absolute atomic E-state index is 0.0305. The van der Waals surface area contributed by atoms with Crippen molar-refractivity contribution >= 4 is 17.2 Å². The van der Waals surface area contributed by atoms with Crippen LogP contribution in [0.15, 0.2) is 17.6 Å². The highest BCUT2D eigenvalue weighted by Gasteiger charge is 2.39. The van der Waals surface area contributed by atoms with Crippen molar-refractivity contribution in [3.63, 3.8) is 0 Å². The van der Waals surface area contributed by atoms with E-state index in [1.54, 1.807) is 17.5 Å². The maximum Gasteiger partial charge on any atom is 0.253 e. The highest BCUT2D eigenvalue weighted by atomic mass is 32.1. The summed E-state index contributed by atoms with van der Waals surface area (Å²) in [4.78, 5) is 17.1. The maximum absolute atomic E-state index is 12.7. The van der Waals surface area contributed by atoms with Crippen molar-refractivity contribution in [3.05, 3.63) is 34.6 Å². The van der Waals surface area contributed by atoms with E-state index in [4.69, 9.17) is 0 Å². The molecule has 0 radical (unpaired) electrons. The van der Waals surface area contributed by atoms with Gasteiger partial charge in [0, 0.05) is 34.4 Å². The fraction of sp³-hybridized carbons (Fsp3) is 0.529. The molecule has 1 aliphatic rings. The van der Waals surface area contributed by atoms with Crippen molar-refractivity contribution in [2.75, 3.05) is 6.61 Å². The van der Waals surface area contributed by atoms with Crippen LogP contribution in [0.4, 0.5) is 0 Å². The minimum Gasteiger partial charge on any atom is -0.396 e. The molecule has 5 nitrogen and oxygen atoms in total. The Morgan fingerprint density at radius 1 is 1.57 bits per heavy atom. The summed E-state index contributed by atoms with van der Waals surface area (Å²) in [6, 6.07) is 1.94. The van der Waals surface area contributed by atoms with E-state index in [0.29, 0.717) is 5.56 Å². The van der Waals surface area contributed by atoms with Gasteiger partial charge in [0.25, 0.3) is 5.91 Å². The quantitative estimate of drug-likeness (QED) is 0.904. The van der Waals surface area contributed by atoms with Gasteiger partial charge in [0.2, 0.25) is 0 Å². The number of amides is 1. The van der Waals surface area contributed by atoms with Crippen LogP contribution in [0.3, 0.4) is 0 Å². The minimum atomic E-state index is -0.212. The number of aliphatic hydroxyl groups is 1. The van der Waals surface area contributed by atoms with Crippen molar-refractivity contribution in [3.8, 4) is 5.13 Å². The Hall–Kier alpha value is -1.66. The first-order chi connectivity index (χ1) is 11.0. The van der Waals surface area contributed by atoms with E-state index in [1.807, 2.05) is 36.8 Å². The predicted molar refractivity (Wildman–Crippen MR) is 91.2 cm³/mol. The van der Waals surface area contributed by atoms with Crippen LogP contribution in [0, 0.1) is 19.3 Å². The van der Waals surface area contributed by atoms with E-state index in [2.05, 4.69) is 10.3 Å². The van der Waals surface area contributed by atoms with E-state index in [-0.39, 0.29) is 24.0 Å². The molecule has 1 aliphatic carbocycles. The van der Waals surface area contributed by atoms with Crippen LogP contribution in [0.25, 0.3) is 5.13 Å². The van der Waals surface area contributed by atoms with Gasteiger partial charge in [0.15, 0.2) is 5.13 Å². The molecular formula is C17H23N3O2S. The van der Waals surface area contributed by atoms with E-state index in [1.165, 1.54) is 0 Å². The molecule has 6 heteroatoms. The summed E-state index contributed by atoms with van der Waals surface area (Å²) in [5, 5.41) is 15.6. The molecule has 3 rings (SSSR count). The smallest absolute Gasteiger partial charge is 0.253 e. The first kappa shape index (κ1) is 16.2. The van der Waals surface area contributed by atoms with Crippen LogP contribution in [-0.2, 0) is 0 Å². The van der Waals surface area contributed by atoms with Crippen LogP contribution < -0.4 is 5.32 Å². The molecule has 1 amide bonds. The molecule has 1 saturated carbocycles. The number of rotatable bonds is 4. The van der Waals surface area contributed by atoms with E-state index in [0.717, 1.165) is 35.8 Å². The van der Waals surface area contributed by atoms with Crippen LogP contribution >= 0.6 is 11.3 Å². The lowest BCUT2D eigenvalue weighted by Gasteiger charge is -2.30. The second-order valence-corrected chi connectivity index (χ2v) is 7.54. The number of carbonyl (C=O) groups excluding carboxylic acids is 1. The third-order valence-electron chi connectivity index (χ3n) is 5.03. The van der Waals surface area contributed by atoms with Gasteiger partial charge >= 0.3 is 0 Å². The largest absolute Gasteiger partial charge is 0.396 e. The standard InChI is InChI=1S/C17H23N3O2S/c1-11-9-13(12(2)20(11)16-18-7-8-23-16)15(22)19-14-5-4-6-17(14,3)10-21/h7-9,14,21H,4-6,10H2,1-3H3,(H,19,22). The van der Waals surface area contributed by atoms with Gasteiger partial charge in [-0.3, -0.25) is 9.36 Å². The zero-order chi connectivity index (χ0) is 16.6. The molecule has 0 saturated heterocycles. The van der Waals surface area contributed by atoms with Crippen molar-refractivity contribution in [2.45, 2.75) is 46.1 Å². The summed E-state index contributed by atoms with van der Waals surface area (Å²) in [5.41, 5.74) is 2.37. The molecule has 23 heavy (non-hydrogen) atoms. The summed E-state index contributed by atoms with van der Waals surface area (Å²) in [6.07, 6.45) is 4.69. The molecule has 2 unspecified atom stereocenters. The Bertz CT molecular complexity index is 708. The molecule has 0 spiro atoms. The fourth-order valence-electron chi connectivity index (χ4n) is 3.52. The highest BCUT2D eigenvalue weighted by Crippen LogP contribution is 2.37. The van der Waals surface area contributed by atoms with Gasteiger partial charge in [-0.15, -0.1) is 11.3 Å². The lowest BCUT2D eigenvalue weighted by molar-refractivity contribution is 0.0830. The number of thiazole rings is 1. The third kappa shape index (κ3) is 2.81. The average molecular weight is 333 g/mol. The Kier molecular flexibility index (Phi) is 4.29. The second kappa shape index (κ2) is 6.09. The summed E-state index contributed by atoms with van der Waals surface area (Å²) >= 11 is 1.55. The average Bonchev–Trinajstić information content (AvgIpc) is 3.21. The number of nitrogens with zero attached hydrogens (tertiary/aromatic N) is 2. The fourth-order valence-corrected chi connectivity index (χ4v) is 4.27. The monoisotopic (exact) mass is 333 g/mol. The lowest BCUT2D eigenvalue weighted by Crippen LogP contribution is -2.44. The Morgan fingerprint density at radius 2 is 2.35 bits per heavy atom. The number of hydrogen-bond donors (Lipinski definition) is 2. The molecule has 124 valence electrons. The van der Waals surface area contributed by atoms with Gasteiger partial charge < -0.3 is 10.4 Å². The molecule has 0 aliphatic heterocycles. The van der Waals surface area contributed by atoms with Gasteiger partial charge in [-0.1, -0.05) is 13.3 Å². The molecule has 1 fully saturated rings. The maximum atomic E-state index is 12.7. The Labute approximate surface area is 140 Å². The van der Waals surface area contributed by atoms with E-state index >= 15 is 0 Å². The molecule has 0 bridgehead atoms. The van der Waals surface area contributed by atoms with Crippen LogP contribution in [0.2, 0.25) is 0 Å². The topological polar surface area (TPSA) is 67.2 Å². The van der Waals surface area contributed by atoms with E-state index in [9.17, 15) is 9.90 Å². The second-order valence-electron chi connectivity index (χ2n) is 6.67. The summed E-state index contributed by atoms with van der Waals surface area (Å²) in [6.45, 7) is 6.08. The molecular weight excluding hydrogens is 310 g/mol. The number of aromatic nitrogens is 2. The molecule has 2 heterocycles. The summed E-state index contributed by atoms with van der Waals surface area (Å²) in [7, 11) is 0. The normalized spacial score (nSPS) is 24.1. The van der Waals surface area contributed by atoms with Gasteiger partial charge in [-0.2, -0.15) is 0 Å². The van der Waals surface area contributed by atoms with Gasteiger partial charge in [0.1, 0.15) is 0 Å². The Morgan fingerprint density at radius 3 is 3.00 bits per heavy atom. The molecule has 2 aromatic rings. The zero-order valence-electron chi connectivity index (χ0n) is 13.8. The van der Waals surface area contributed by atoms with Crippen LogP contribution in [0.5, 0.6) is 0 Å². The highest BCUT2D eigenvalue weighted by molar-refractivity contribution is 7.12. The van der Waals surface area contributed by atoms with Crippen molar-refractivity contribution < 1.29 is 9.90 Å². The van der Waals surface area contributed by atoms with Crippen molar-refractivity contribution in [2.24, 2.45) is 5.41 Å². The van der Waals surface area contributed by atoms with Gasteiger partial charge in [-0.25, -0.2) is 4.98 Å². The van der Waals surface area contributed by atoms with Crippen molar-refractivity contribution in [1.82, 2.24) is 14.9 Å². The van der Waals surface area contributed by atoms with Crippen molar-refractivity contribution in [1.29, 1.82) is 0 Å². The SMILES string of the molecule is Cc1cc(C(=O)NC2CCCC2(C)CO)c(C)n1-c1nccs1. The first-order valence-corrected chi connectivity index (χ1v) is 8.85. The number of aryl methyl sites for hydroxylation is 1. The number of nitrogens with one attached hydrogen (secondary N) is 1.